The van der Waals surface area contributed by atoms with E-state index in [1.165, 1.54) is 7.11 Å². The first-order valence-corrected chi connectivity index (χ1v) is 18.8. The van der Waals surface area contributed by atoms with Crippen LogP contribution < -0.4 is 25.4 Å². The number of nitrogens with one attached hydrogen (secondary N) is 3. The van der Waals surface area contributed by atoms with Crippen LogP contribution in [0.3, 0.4) is 0 Å². The van der Waals surface area contributed by atoms with Gasteiger partial charge in [0, 0.05) is 37.6 Å². The number of unbranched alkanes of at least 4 members (excludes halogenated alkanes) is 3. The van der Waals surface area contributed by atoms with Crippen LogP contribution in [0.1, 0.15) is 78.6 Å². The van der Waals surface area contributed by atoms with Gasteiger partial charge in [-0.1, -0.05) is 67.1 Å². The van der Waals surface area contributed by atoms with Crippen LogP contribution in [0.4, 0.5) is 4.79 Å². The summed E-state index contributed by atoms with van der Waals surface area (Å²) < 4.78 is 23.2. The van der Waals surface area contributed by atoms with Crippen LogP contribution in [-0.2, 0) is 23.9 Å². The molecule has 11 nitrogen and oxygen atoms in total. The third kappa shape index (κ3) is 12.7. The highest BCUT2D eigenvalue weighted by Crippen LogP contribution is 2.45. The van der Waals surface area contributed by atoms with E-state index in [4.69, 9.17) is 18.9 Å². The zero-order valence-electron chi connectivity index (χ0n) is 32.3. The van der Waals surface area contributed by atoms with E-state index in [9.17, 15) is 19.2 Å². The maximum Gasteiger partial charge on any atom is 0.407 e. The number of alkyl carbamates (subject to hydrolysis) is 1. The Morgan fingerprint density at radius 3 is 1.80 bits per heavy atom. The molecule has 0 fully saturated rings. The molecule has 0 aromatic heterocycles. The highest BCUT2D eigenvalue weighted by molar-refractivity contribution is 6.09. The molecule has 4 aromatic carbocycles. The van der Waals surface area contributed by atoms with Crippen LogP contribution in [0.2, 0.25) is 0 Å². The molecule has 3 N–H and O–H groups in total. The number of methoxy groups -OCH3 is 1. The Kier molecular flexibility index (Phi) is 16.0. The number of hydrogen-bond donors (Lipinski definition) is 3. The lowest BCUT2D eigenvalue weighted by atomic mass is 9.92. The van der Waals surface area contributed by atoms with Gasteiger partial charge in [0.15, 0.2) is 0 Å². The molecule has 0 spiro atoms. The molecular formula is C43H55N3O8. The number of fused-ring (bicyclic) bond motifs is 2. The zero-order valence-corrected chi connectivity index (χ0v) is 32.3. The molecule has 0 bridgehead atoms. The highest BCUT2D eigenvalue weighted by atomic mass is 16.6. The van der Waals surface area contributed by atoms with Crippen molar-refractivity contribution in [1.82, 2.24) is 16.0 Å². The van der Waals surface area contributed by atoms with Gasteiger partial charge in [-0.25, -0.2) is 9.59 Å². The fourth-order valence-corrected chi connectivity index (χ4v) is 6.17. The molecule has 0 radical (unpaired) electrons. The van der Waals surface area contributed by atoms with Crippen molar-refractivity contribution in [1.29, 1.82) is 0 Å². The lowest BCUT2D eigenvalue weighted by molar-refractivity contribution is -0.145. The number of hydrogen-bond acceptors (Lipinski definition) is 8. The van der Waals surface area contributed by atoms with Crippen LogP contribution in [0.15, 0.2) is 72.8 Å². The third-order valence-corrected chi connectivity index (χ3v) is 8.83. The van der Waals surface area contributed by atoms with Gasteiger partial charge in [-0.2, -0.15) is 0 Å². The van der Waals surface area contributed by atoms with Crippen molar-refractivity contribution in [2.45, 2.75) is 90.2 Å². The largest absolute Gasteiger partial charge is 0.493 e. The lowest BCUT2D eigenvalue weighted by Gasteiger charge is -2.20. The number of ether oxygens (including phenoxy) is 4. The molecular weight excluding hydrogens is 686 g/mol. The van der Waals surface area contributed by atoms with E-state index in [0.29, 0.717) is 64.0 Å². The fraction of sp³-hybridized carbons (Fsp3) is 0.442. The first kappa shape index (κ1) is 41.4. The summed E-state index contributed by atoms with van der Waals surface area (Å²) >= 11 is 0. The van der Waals surface area contributed by atoms with E-state index in [-0.39, 0.29) is 18.2 Å². The van der Waals surface area contributed by atoms with Crippen LogP contribution in [0, 0.1) is 0 Å². The van der Waals surface area contributed by atoms with Gasteiger partial charge in [0.1, 0.15) is 23.1 Å². The Balaban J connectivity index is 1.42. The summed E-state index contributed by atoms with van der Waals surface area (Å²) in [7, 11) is 2.95. The number of rotatable bonds is 20. The molecule has 0 aliphatic rings. The maximum absolute atomic E-state index is 12.8. The average Bonchev–Trinajstić information content (AvgIpc) is 3.15. The number of carbonyl (C=O) groups is 4. The SMILES string of the molecule is CNC(=O)CCCCOc1ccc2ccccc2c1-c1c(OCCC[C@H](NC(=O)CCCCCNC(=O)OC(C)(C)C)C(=O)OC)ccc2ccccc12. The van der Waals surface area contributed by atoms with E-state index >= 15 is 0 Å². The van der Waals surface area contributed by atoms with Gasteiger partial charge < -0.3 is 34.9 Å². The number of esters is 1. The minimum atomic E-state index is -0.808. The van der Waals surface area contributed by atoms with Gasteiger partial charge in [-0.15, -0.1) is 0 Å². The van der Waals surface area contributed by atoms with Gasteiger partial charge in [-0.3, -0.25) is 9.59 Å². The molecule has 0 heterocycles. The summed E-state index contributed by atoms with van der Waals surface area (Å²) in [5.74, 6) is 0.666. The smallest absolute Gasteiger partial charge is 0.407 e. The molecule has 290 valence electrons. The standard InChI is InChI=1S/C43H55N3O8/c1-43(2,3)54-42(50)45-27-13-6-7-22-38(48)46-34(41(49)51-5)20-15-29-53-36-26-24-31-17-9-11-19-33(31)40(36)39-32-18-10-8-16-30(32)23-25-35(39)52-28-14-12-21-37(47)44-4/h8-11,16-19,23-26,34H,6-7,12-15,20-22,27-29H2,1-5H3,(H,44,47)(H,45,50)(H,46,48)/t34-/m0/s1. The van der Waals surface area contributed by atoms with Crippen molar-refractivity contribution >= 4 is 45.4 Å². The van der Waals surface area contributed by atoms with Gasteiger partial charge in [0.25, 0.3) is 0 Å². The van der Waals surface area contributed by atoms with Gasteiger partial charge >= 0.3 is 12.1 Å². The Hall–Kier alpha value is -5.32. The van der Waals surface area contributed by atoms with Crippen LogP contribution in [0.25, 0.3) is 32.7 Å². The third-order valence-electron chi connectivity index (χ3n) is 8.83. The molecule has 54 heavy (non-hydrogen) atoms. The van der Waals surface area contributed by atoms with E-state index in [1.807, 2.05) is 63.2 Å². The van der Waals surface area contributed by atoms with Crippen molar-refractivity contribution in [2.24, 2.45) is 0 Å². The lowest BCUT2D eigenvalue weighted by Crippen LogP contribution is -2.41. The van der Waals surface area contributed by atoms with E-state index in [0.717, 1.165) is 51.3 Å². The van der Waals surface area contributed by atoms with Gasteiger partial charge in [0.05, 0.1) is 20.3 Å². The maximum atomic E-state index is 12.8. The van der Waals surface area contributed by atoms with Crippen LogP contribution >= 0.6 is 0 Å². The number of amides is 3. The van der Waals surface area contributed by atoms with Crippen molar-refractivity contribution < 1.29 is 38.1 Å². The monoisotopic (exact) mass is 741 g/mol. The zero-order chi connectivity index (χ0) is 38.9. The molecule has 0 aliphatic carbocycles. The van der Waals surface area contributed by atoms with Crippen molar-refractivity contribution in [2.75, 3.05) is 33.9 Å². The van der Waals surface area contributed by atoms with Crippen LogP contribution in [-0.4, -0.2) is 69.4 Å². The summed E-state index contributed by atoms with van der Waals surface area (Å²) in [6, 6.07) is 23.6. The molecule has 4 aromatic rings. The minimum absolute atomic E-state index is 0.0115. The number of carbonyl (C=O) groups excluding carboxylic acids is 4. The summed E-state index contributed by atoms with van der Waals surface area (Å²) in [6.45, 7) is 6.62. The van der Waals surface area contributed by atoms with Crippen LogP contribution in [0.5, 0.6) is 11.5 Å². The van der Waals surface area contributed by atoms with E-state index in [2.05, 4.69) is 46.3 Å². The molecule has 0 aliphatic heterocycles. The summed E-state index contributed by atoms with van der Waals surface area (Å²) in [5, 5.41) is 12.4. The topological polar surface area (TPSA) is 141 Å². The Labute approximate surface area is 318 Å². The van der Waals surface area contributed by atoms with E-state index in [1.54, 1.807) is 7.05 Å². The van der Waals surface area contributed by atoms with Gasteiger partial charge in [-0.05, 0) is 93.0 Å². The molecule has 1 atom stereocenters. The summed E-state index contributed by atoms with van der Waals surface area (Å²) in [6.07, 6.45) is 4.53. The molecule has 0 saturated carbocycles. The summed E-state index contributed by atoms with van der Waals surface area (Å²) in [4.78, 5) is 49.0. The van der Waals surface area contributed by atoms with Crippen molar-refractivity contribution in [3.63, 3.8) is 0 Å². The average molecular weight is 742 g/mol. The predicted octanol–water partition coefficient (Wildman–Crippen LogP) is 7.86. The summed E-state index contributed by atoms with van der Waals surface area (Å²) in [5.41, 5.74) is 1.27. The van der Waals surface area contributed by atoms with Gasteiger partial charge in [0.2, 0.25) is 11.8 Å². The first-order valence-electron chi connectivity index (χ1n) is 18.8. The molecule has 3 amide bonds. The molecule has 0 unspecified atom stereocenters. The Morgan fingerprint density at radius 1 is 0.667 bits per heavy atom. The Bertz CT molecular complexity index is 1870. The van der Waals surface area contributed by atoms with Crippen molar-refractivity contribution in [3.05, 3.63) is 72.8 Å². The minimum Gasteiger partial charge on any atom is -0.493 e. The molecule has 0 saturated heterocycles. The first-order chi connectivity index (χ1) is 26.0. The highest BCUT2D eigenvalue weighted by Gasteiger charge is 2.23. The predicted molar refractivity (Wildman–Crippen MR) is 212 cm³/mol. The normalized spacial score (nSPS) is 11.8. The fourth-order valence-electron chi connectivity index (χ4n) is 6.17. The molecule has 4 rings (SSSR count). The second kappa shape index (κ2) is 20.8. The van der Waals surface area contributed by atoms with E-state index < -0.39 is 23.7 Å². The number of benzene rings is 4. The second-order valence-electron chi connectivity index (χ2n) is 14.2. The Morgan fingerprint density at radius 2 is 1.22 bits per heavy atom. The quantitative estimate of drug-likeness (QED) is 0.0615. The molecule has 11 heteroatoms. The van der Waals surface area contributed by atoms with Crippen molar-refractivity contribution in [3.8, 4) is 22.6 Å². The second-order valence-corrected chi connectivity index (χ2v) is 14.2.